The van der Waals surface area contributed by atoms with Crippen LogP contribution in [-0.4, -0.2) is 37.2 Å². The quantitative estimate of drug-likeness (QED) is 0.558. The Morgan fingerprint density at radius 2 is 2.22 bits per heavy atom. The van der Waals surface area contributed by atoms with Crippen LogP contribution in [0.15, 0.2) is 21.9 Å². The van der Waals surface area contributed by atoms with E-state index in [2.05, 4.69) is 0 Å². The number of rotatable bonds is 2. The van der Waals surface area contributed by atoms with Crippen LogP contribution in [0.3, 0.4) is 0 Å². The lowest BCUT2D eigenvalue weighted by Crippen LogP contribution is -2.42. The average molecular weight is 374 g/mol. The number of aliphatic hydroxyl groups is 1. The zero-order valence-electron chi connectivity index (χ0n) is 8.85. The summed E-state index contributed by atoms with van der Waals surface area (Å²) in [6.45, 7) is 0. The molecule has 3 atom stereocenters. The molecule has 0 amide bonds. The molecule has 100 valence electrons. The van der Waals surface area contributed by atoms with E-state index in [0.717, 1.165) is 12.3 Å². The first-order valence-corrected chi connectivity index (χ1v) is 6.49. The standard InChI is InChI=1S/C9H9F2IN2O4/c10-9(11)6(16)4(3-12)18-7(9)14-2-1-5(15)13-8(14)17/h1-2,4,6-7,16H,3H2,(H,13,15,17)/t4-,6-,7-/m1/s1. The molecule has 2 rings (SSSR count). The number of aliphatic hydroxyl groups excluding tert-OH is 1. The molecule has 0 aliphatic carbocycles. The van der Waals surface area contributed by atoms with Gasteiger partial charge in [0.1, 0.15) is 12.2 Å². The molecule has 9 heteroatoms. The maximum atomic E-state index is 13.8. The number of hydrogen-bond acceptors (Lipinski definition) is 4. The first-order chi connectivity index (χ1) is 8.37. The molecule has 1 aliphatic heterocycles. The molecular formula is C9H9F2IN2O4. The van der Waals surface area contributed by atoms with Gasteiger partial charge in [-0.05, 0) is 0 Å². The highest BCUT2D eigenvalue weighted by atomic mass is 127. The fourth-order valence-electron chi connectivity index (χ4n) is 1.71. The maximum Gasteiger partial charge on any atom is 0.330 e. The van der Waals surface area contributed by atoms with Crippen LogP contribution in [0.5, 0.6) is 0 Å². The molecule has 2 N–H and O–H groups in total. The Balaban J connectivity index is 2.45. The van der Waals surface area contributed by atoms with E-state index >= 15 is 0 Å². The fraction of sp³-hybridized carbons (Fsp3) is 0.556. The molecular weight excluding hydrogens is 365 g/mol. The van der Waals surface area contributed by atoms with Gasteiger partial charge in [-0.3, -0.25) is 14.3 Å². The summed E-state index contributed by atoms with van der Waals surface area (Å²) in [5, 5.41) is 9.43. The molecule has 18 heavy (non-hydrogen) atoms. The third kappa shape index (κ3) is 2.10. The summed E-state index contributed by atoms with van der Waals surface area (Å²) in [5.74, 6) is -3.60. The summed E-state index contributed by atoms with van der Waals surface area (Å²) in [6, 6.07) is 0.935. The summed E-state index contributed by atoms with van der Waals surface area (Å²) in [6.07, 6.45) is -4.05. The third-order valence-electron chi connectivity index (χ3n) is 2.64. The lowest BCUT2D eigenvalue weighted by atomic mass is 10.1. The lowest BCUT2D eigenvalue weighted by Gasteiger charge is -2.20. The highest BCUT2D eigenvalue weighted by molar-refractivity contribution is 14.1. The van der Waals surface area contributed by atoms with E-state index in [-0.39, 0.29) is 4.43 Å². The van der Waals surface area contributed by atoms with E-state index in [0.29, 0.717) is 4.57 Å². The van der Waals surface area contributed by atoms with Gasteiger partial charge in [0.25, 0.3) is 5.56 Å². The summed E-state index contributed by atoms with van der Waals surface area (Å²) in [4.78, 5) is 24.1. The van der Waals surface area contributed by atoms with Gasteiger partial charge in [0.05, 0.1) is 0 Å². The van der Waals surface area contributed by atoms with Crippen molar-refractivity contribution in [3.8, 4) is 0 Å². The van der Waals surface area contributed by atoms with E-state index in [1.807, 2.05) is 4.98 Å². The van der Waals surface area contributed by atoms with Crippen LogP contribution < -0.4 is 11.2 Å². The second-order valence-electron chi connectivity index (χ2n) is 3.82. The number of aromatic amines is 1. The van der Waals surface area contributed by atoms with Crippen LogP contribution in [0.25, 0.3) is 0 Å². The van der Waals surface area contributed by atoms with Gasteiger partial charge in [-0.2, -0.15) is 8.78 Å². The minimum atomic E-state index is -3.60. The van der Waals surface area contributed by atoms with Crippen molar-refractivity contribution in [3.05, 3.63) is 33.1 Å². The van der Waals surface area contributed by atoms with Crippen molar-refractivity contribution in [3.63, 3.8) is 0 Å². The molecule has 0 saturated carbocycles. The average Bonchev–Trinajstić information content (AvgIpc) is 2.52. The highest BCUT2D eigenvalue weighted by Crippen LogP contribution is 2.42. The molecule has 0 radical (unpaired) electrons. The van der Waals surface area contributed by atoms with Crippen molar-refractivity contribution in [2.24, 2.45) is 0 Å². The zero-order chi connectivity index (χ0) is 13.5. The van der Waals surface area contributed by atoms with Gasteiger partial charge in [0.15, 0.2) is 0 Å². The van der Waals surface area contributed by atoms with E-state index in [4.69, 9.17) is 4.74 Å². The molecule has 2 heterocycles. The Morgan fingerprint density at radius 1 is 1.56 bits per heavy atom. The predicted octanol–water partition coefficient (Wildman–Crippen LogP) is -0.135. The van der Waals surface area contributed by atoms with Crippen molar-refractivity contribution in [1.82, 2.24) is 9.55 Å². The van der Waals surface area contributed by atoms with E-state index in [9.17, 15) is 23.5 Å². The van der Waals surface area contributed by atoms with Crippen LogP contribution in [0, 0.1) is 0 Å². The molecule has 1 saturated heterocycles. The van der Waals surface area contributed by atoms with Crippen LogP contribution >= 0.6 is 22.6 Å². The number of hydrogen-bond donors (Lipinski definition) is 2. The number of H-pyrrole nitrogens is 1. The monoisotopic (exact) mass is 374 g/mol. The number of nitrogens with zero attached hydrogens (tertiary/aromatic N) is 1. The van der Waals surface area contributed by atoms with Crippen molar-refractivity contribution in [1.29, 1.82) is 0 Å². The Hall–Kier alpha value is -0.810. The second kappa shape index (κ2) is 4.70. The fourth-order valence-corrected chi connectivity index (χ4v) is 2.40. The summed E-state index contributed by atoms with van der Waals surface area (Å²) in [7, 11) is 0. The van der Waals surface area contributed by atoms with E-state index in [1.54, 1.807) is 22.6 Å². The van der Waals surface area contributed by atoms with Crippen molar-refractivity contribution >= 4 is 22.6 Å². The molecule has 6 nitrogen and oxygen atoms in total. The minimum Gasteiger partial charge on any atom is -0.384 e. The highest BCUT2D eigenvalue weighted by Gasteiger charge is 2.59. The van der Waals surface area contributed by atoms with Gasteiger partial charge in [-0.15, -0.1) is 0 Å². The first kappa shape index (κ1) is 13.6. The SMILES string of the molecule is O=c1ccn([C@@H]2O[C@H](CI)[C@@H](O)C2(F)F)c(=O)[nH]1. The molecule has 0 aromatic carbocycles. The molecule has 1 aromatic heterocycles. The number of alkyl halides is 3. The smallest absolute Gasteiger partial charge is 0.330 e. The Bertz CT molecular complexity index is 558. The topological polar surface area (TPSA) is 84.3 Å². The number of aromatic nitrogens is 2. The largest absolute Gasteiger partial charge is 0.384 e. The molecule has 0 unspecified atom stereocenters. The molecule has 1 fully saturated rings. The van der Waals surface area contributed by atoms with Gasteiger partial charge < -0.3 is 9.84 Å². The van der Waals surface area contributed by atoms with Crippen LogP contribution in [0.1, 0.15) is 6.23 Å². The molecule has 1 aromatic rings. The normalized spacial score (nSPS) is 30.6. The van der Waals surface area contributed by atoms with Gasteiger partial charge in [0.2, 0.25) is 6.23 Å². The van der Waals surface area contributed by atoms with Crippen LogP contribution in [0.4, 0.5) is 8.78 Å². The molecule has 0 spiro atoms. The third-order valence-corrected chi connectivity index (χ3v) is 3.50. The van der Waals surface area contributed by atoms with Gasteiger partial charge >= 0.3 is 11.6 Å². The molecule has 1 aliphatic rings. The van der Waals surface area contributed by atoms with Gasteiger partial charge in [0, 0.05) is 16.7 Å². The van der Waals surface area contributed by atoms with E-state index < -0.39 is 35.6 Å². The Morgan fingerprint density at radius 3 is 2.72 bits per heavy atom. The van der Waals surface area contributed by atoms with Crippen molar-refractivity contribution < 1.29 is 18.6 Å². The van der Waals surface area contributed by atoms with Gasteiger partial charge in [-0.1, -0.05) is 22.6 Å². The van der Waals surface area contributed by atoms with Crippen molar-refractivity contribution in [2.75, 3.05) is 4.43 Å². The van der Waals surface area contributed by atoms with E-state index in [1.165, 1.54) is 0 Å². The Labute approximate surface area is 113 Å². The summed E-state index contributed by atoms with van der Waals surface area (Å²) >= 11 is 1.80. The van der Waals surface area contributed by atoms with Crippen LogP contribution in [0.2, 0.25) is 0 Å². The number of halogens is 3. The zero-order valence-corrected chi connectivity index (χ0v) is 11.0. The second-order valence-corrected chi connectivity index (χ2v) is 4.70. The minimum absolute atomic E-state index is 0.156. The van der Waals surface area contributed by atoms with Gasteiger partial charge in [-0.25, -0.2) is 4.79 Å². The first-order valence-electron chi connectivity index (χ1n) is 4.96. The number of nitrogens with one attached hydrogen (secondary N) is 1. The molecule has 0 bridgehead atoms. The predicted molar refractivity (Wildman–Crippen MR) is 65.1 cm³/mol. The summed E-state index contributed by atoms with van der Waals surface area (Å²) < 4.78 is 33.3. The Kier molecular flexibility index (Phi) is 3.56. The number of ether oxygens (including phenoxy) is 1. The van der Waals surface area contributed by atoms with Crippen molar-refractivity contribution in [2.45, 2.75) is 24.4 Å². The summed E-state index contributed by atoms with van der Waals surface area (Å²) in [5.41, 5.74) is -1.70. The van der Waals surface area contributed by atoms with Crippen LogP contribution in [-0.2, 0) is 4.74 Å². The maximum absolute atomic E-state index is 13.8. The lowest BCUT2D eigenvalue weighted by molar-refractivity contribution is -0.140.